The van der Waals surface area contributed by atoms with Gasteiger partial charge in [-0.3, -0.25) is 4.79 Å². The largest absolute Gasteiger partial charge is 0.352 e. The molecule has 2 aromatic rings. The Morgan fingerprint density at radius 1 is 1.52 bits per heavy atom. The van der Waals surface area contributed by atoms with Gasteiger partial charge in [-0.2, -0.15) is 0 Å². The first-order chi connectivity index (χ1) is 10.1. The normalized spacial score (nSPS) is 14.8. The number of nitrogens with zero attached hydrogens (tertiary/aromatic N) is 2. The van der Waals surface area contributed by atoms with Crippen LogP contribution < -0.4 is 10.6 Å². The molecule has 0 atom stereocenters. The van der Waals surface area contributed by atoms with Gasteiger partial charge in [-0.05, 0) is 24.6 Å². The highest BCUT2D eigenvalue weighted by Gasteiger charge is 2.24. The minimum atomic E-state index is -0.326. The van der Waals surface area contributed by atoms with Crippen molar-refractivity contribution in [2.24, 2.45) is 5.92 Å². The van der Waals surface area contributed by atoms with Crippen molar-refractivity contribution in [1.82, 2.24) is 20.2 Å². The number of carbonyl (C=O) groups excluding carboxylic acids is 1. The fourth-order valence-electron chi connectivity index (χ4n) is 2.30. The minimum Gasteiger partial charge on any atom is -0.352 e. The Balaban J connectivity index is 1.69. The summed E-state index contributed by atoms with van der Waals surface area (Å²) in [6.45, 7) is 3.60. The van der Waals surface area contributed by atoms with Crippen molar-refractivity contribution in [2.75, 3.05) is 13.1 Å². The van der Waals surface area contributed by atoms with Crippen LogP contribution in [0.15, 0.2) is 30.6 Å². The van der Waals surface area contributed by atoms with Gasteiger partial charge in [0.05, 0.1) is 11.6 Å². The van der Waals surface area contributed by atoms with Crippen molar-refractivity contribution in [3.63, 3.8) is 0 Å². The van der Waals surface area contributed by atoms with Crippen LogP contribution in [0.5, 0.6) is 0 Å². The van der Waals surface area contributed by atoms with Gasteiger partial charge in [0.15, 0.2) is 0 Å². The average Bonchev–Trinajstić information content (AvgIpc) is 2.81. The lowest BCUT2D eigenvalue weighted by molar-refractivity contribution is -0.126. The van der Waals surface area contributed by atoms with E-state index in [-0.39, 0.29) is 17.6 Å². The quantitative estimate of drug-likeness (QED) is 0.887. The van der Waals surface area contributed by atoms with E-state index in [9.17, 15) is 9.18 Å². The third kappa shape index (κ3) is 2.80. The Morgan fingerprint density at radius 3 is 2.90 bits per heavy atom. The minimum absolute atomic E-state index is 0.0173. The molecule has 0 saturated carbocycles. The number of halogens is 1. The van der Waals surface area contributed by atoms with Gasteiger partial charge >= 0.3 is 0 Å². The maximum atomic E-state index is 14.2. The van der Waals surface area contributed by atoms with Crippen molar-refractivity contribution in [3.05, 3.63) is 47.8 Å². The topological polar surface area (TPSA) is 59.0 Å². The molecule has 1 aliphatic heterocycles. The predicted octanol–water partition coefficient (Wildman–Crippen LogP) is 1.16. The molecule has 0 bridgehead atoms. The third-order valence-corrected chi connectivity index (χ3v) is 3.72. The Bertz CT molecular complexity index is 663. The van der Waals surface area contributed by atoms with E-state index in [0.29, 0.717) is 12.2 Å². The third-order valence-electron chi connectivity index (χ3n) is 3.72. The highest BCUT2D eigenvalue weighted by molar-refractivity contribution is 5.79. The number of hydrogen-bond donors (Lipinski definition) is 2. The van der Waals surface area contributed by atoms with E-state index in [1.54, 1.807) is 23.0 Å². The van der Waals surface area contributed by atoms with Crippen molar-refractivity contribution in [1.29, 1.82) is 0 Å². The Morgan fingerprint density at radius 2 is 2.33 bits per heavy atom. The number of benzene rings is 1. The zero-order valence-corrected chi connectivity index (χ0v) is 11.8. The zero-order chi connectivity index (χ0) is 14.8. The SMILES string of the molecule is Cc1nccn1-c1ccc(CNC(=O)C2CNC2)cc1F. The van der Waals surface area contributed by atoms with Crippen LogP contribution >= 0.6 is 0 Å². The van der Waals surface area contributed by atoms with Crippen LogP contribution in [0.2, 0.25) is 0 Å². The maximum absolute atomic E-state index is 14.2. The number of rotatable bonds is 4. The average molecular weight is 288 g/mol. The molecule has 1 amide bonds. The molecule has 0 spiro atoms. The molecule has 1 aromatic heterocycles. The standard InChI is InChI=1S/C15H17FN4O/c1-10-18-4-5-20(10)14-3-2-11(6-13(14)16)7-19-15(21)12-8-17-9-12/h2-6,12,17H,7-9H2,1H3,(H,19,21). The maximum Gasteiger partial charge on any atom is 0.225 e. The molecule has 21 heavy (non-hydrogen) atoms. The summed E-state index contributed by atoms with van der Waals surface area (Å²) in [5.41, 5.74) is 1.21. The fourth-order valence-corrected chi connectivity index (χ4v) is 2.30. The number of imidazole rings is 1. The molecule has 5 nitrogen and oxygen atoms in total. The molecule has 1 aromatic carbocycles. The van der Waals surface area contributed by atoms with Gasteiger partial charge in [0.2, 0.25) is 5.91 Å². The molecular weight excluding hydrogens is 271 g/mol. The van der Waals surface area contributed by atoms with Crippen molar-refractivity contribution in [3.8, 4) is 5.69 Å². The second-order valence-corrected chi connectivity index (χ2v) is 5.20. The number of carbonyl (C=O) groups is 1. The van der Waals surface area contributed by atoms with E-state index in [2.05, 4.69) is 15.6 Å². The van der Waals surface area contributed by atoms with E-state index >= 15 is 0 Å². The molecule has 0 radical (unpaired) electrons. The summed E-state index contributed by atoms with van der Waals surface area (Å²) < 4.78 is 15.9. The van der Waals surface area contributed by atoms with Crippen LogP contribution in [0.25, 0.3) is 5.69 Å². The second-order valence-electron chi connectivity index (χ2n) is 5.20. The Hall–Kier alpha value is -2.21. The molecule has 3 rings (SSSR count). The van der Waals surface area contributed by atoms with Crippen LogP contribution in [0.4, 0.5) is 4.39 Å². The van der Waals surface area contributed by atoms with Gasteiger partial charge in [0.1, 0.15) is 11.6 Å². The predicted molar refractivity (Wildman–Crippen MR) is 76.5 cm³/mol. The highest BCUT2D eigenvalue weighted by atomic mass is 19.1. The van der Waals surface area contributed by atoms with E-state index in [1.807, 2.05) is 13.0 Å². The van der Waals surface area contributed by atoms with Gasteiger partial charge in [-0.25, -0.2) is 9.37 Å². The molecule has 110 valence electrons. The molecular formula is C15H17FN4O. The lowest BCUT2D eigenvalue weighted by Gasteiger charge is -2.25. The summed E-state index contributed by atoms with van der Waals surface area (Å²) in [6, 6.07) is 4.97. The van der Waals surface area contributed by atoms with Crippen LogP contribution in [0, 0.1) is 18.7 Å². The molecule has 0 unspecified atom stereocenters. The first-order valence-corrected chi connectivity index (χ1v) is 6.92. The summed E-state index contributed by atoms with van der Waals surface area (Å²) in [5, 5.41) is 5.88. The van der Waals surface area contributed by atoms with Crippen LogP contribution in [-0.4, -0.2) is 28.5 Å². The fraction of sp³-hybridized carbons (Fsp3) is 0.333. The van der Waals surface area contributed by atoms with E-state index < -0.39 is 0 Å². The molecule has 2 N–H and O–H groups in total. The smallest absolute Gasteiger partial charge is 0.225 e. The van der Waals surface area contributed by atoms with E-state index in [1.165, 1.54) is 6.07 Å². The first-order valence-electron chi connectivity index (χ1n) is 6.92. The van der Waals surface area contributed by atoms with Crippen LogP contribution in [0.1, 0.15) is 11.4 Å². The molecule has 1 aliphatic rings. The molecule has 1 fully saturated rings. The van der Waals surface area contributed by atoms with Crippen molar-refractivity contribution in [2.45, 2.75) is 13.5 Å². The lowest BCUT2D eigenvalue weighted by Crippen LogP contribution is -2.50. The monoisotopic (exact) mass is 288 g/mol. The van der Waals surface area contributed by atoms with Gasteiger partial charge in [-0.1, -0.05) is 6.07 Å². The Kier molecular flexibility index (Phi) is 3.70. The summed E-state index contributed by atoms with van der Waals surface area (Å²) in [4.78, 5) is 15.8. The first kappa shape index (κ1) is 13.8. The van der Waals surface area contributed by atoms with Crippen molar-refractivity contribution >= 4 is 5.91 Å². The van der Waals surface area contributed by atoms with Crippen LogP contribution in [-0.2, 0) is 11.3 Å². The summed E-state index contributed by atoms with van der Waals surface area (Å²) in [7, 11) is 0. The van der Waals surface area contributed by atoms with E-state index in [0.717, 1.165) is 24.5 Å². The van der Waals surface area contributed by atoms with Gasteiger partial charge in [0, 0.05) is 32.0 Å². The molecule has 0 aliphatic carbocycles. The summed E-state index contributed by atoms with van der Waals surface area (Å²) >= 11 is 0. The number of aromatic nitrogens is 2. The summed E-state index contributed by atoms with van der Waals surface area (Å²) in [5.74, 6) is 0.465. The van der Waals surface area contributed by atoms with Gasteiger partial charge in [-0.15, -0.1) is 0 Å². The zero-order valence-electron chi connectivity index (χ0n) is 11.8. The Labute approximate surface area is 122 Å². The lowest BCUT2D eigenvalue weighted by atomic mass is 10.0. The highest BCUT2D eigenvalue weighted by Crippen LogP contribution is 2.17. The number of nitrogens with one attached hydrogen (secondary N) is 2. The second kappa shape index (κ2) is 5.65. The number of hydrogen-bond acceptors (Lipinski definition) is 3. The summed E-state index contributed by atoms with van der Waals surface area (Å²) in [6.07, 6.45) is 3.36. The molecule has 1 saturated heterocycles. The van der Waals surface area contributed by atoms with Crippen molar-refractivity contribution < 1.29 is 9.18 Å². The van der Waals surface area contributed by atoms with Crippen LogP contribution in [0.3, 0.4) is 0 Å². The molecule has 2 heterocycles. The molecule has 6 heteroatoms. The van der Waals surface area contributed by atoms with Gasteiger partial charge < -0.3 is 15.2 Å². The van der Waals surface area contributed by atoms with Gasteiger partial charge in [0.25, 0.3) is 0 Å². The number of aryl methyl sites for hydroxylation is 1. The number of amides is 1. The van der Waals surface area contributed by atoms with E-state index in [4.69, 9.17) is 0 Å².